The Morgan fingerprint density at radius 1 is 0.925 bits per heavy atom. The molecule has 7 aliphatic rings. The van der Waals surface area contributed by atoms with E-state index >= 15 is 0 Å². The number of aromatic carboxylic acids is 1. The second-order valence-electron chi connectivity index (χ2n) is 24.1. The number of benzene rings is 2. The number of piperidine rings is 1. The van der Waals surface area contributed by atoms with Crippen molar-refractivity contribution in [3.05, 3.63) is 94.3 Å². The molecule has 420 valence electrons. The zero-order chi connectivity index (χ0) is 56.1. The average Bonchev–Trinajstić information content (AvgIpc) is 1.64. The highest BCUT2D eigenvalue weighted by molar-refractivity contribution is 7.22. The smallest absolute Gasteiger partial charge is 0.355 e. The van der Waals surface area contributed by atoms with Gasteiger partial charge in [-0.3, -0.25) is 34.4 Å². The van der Waals surface area contributed by atoms with Gasteiger partial charge in [0.2, 0.25) is 11.8 Å². The number of carboxylic acids is 1. The Labute approximate surface area is 469 Å². The first-order chi connectivity index (χ1) is 38.4. The number of hydrogen-bond donors (Lipinski definition) is 4. The van der Waals surface area contributed by atoms with Gasteiger partial charge in [-0.1, -0.05) is 50.2 Å². The number of aromatic nitrogens is 4. The number of carboxylic acid groups (broad SMARTS) is 1. The molecule has 1 saturated heterocycles. The number of para-hydroxylation sites is 1. The lowest BCUT2D eigenvalue weighted by Gasteiger charge is -2.69. The Morgan fingerprint density at radius 3 is 2.46 bits per heavy atom. The molecule has 20 heteroatoms. The van der Waals surface area contributed by atoms with E-state index in [4.69, 9.17) is 30.2 Å². The molecule has 19 nitrogen and oxygen atoms in total. The first-order valence-electron chi connectivity index (χ1n) is 28.1. The number of carbonyl (C=O) groups is 5. The van der Waals surface area contributed by atoms with Crippen molar-refractivity contribution in [2.24, 2.45) is 27.0 Å². The Balaban J connectivity index is 0.670. The lowest BCUT2D eigenvalue weighted by molar-refractivity contribution is -0.242. The first kappa shape index (κ1) is 54.8. The van der Waals surface area contributed by atoms with Gasteiger partial charge in [-0.2, -0.15) is 0 Å². The summed E-state index contributed by atoms with van der Waals surface area (Å²) < 4.78 is 14.1. The summed E-state index contributed by atoms with van der Waals surface area (Å²) in [4.78, 5) is 83.4. The van der Waals surface area contributed by atoms with Crippen LogP contribution < -0.4 is 26.0 Å². The summed E-state index contributed by atoms with van der Waals surface area (Å²) in [5.41, 5.74) is 11.2. The lowest BCUT2D eigenvalue weighted by atomic mass is 9.39. The summed E-state index contributed by atoms with van der Waals surface area (Å²) in [6, 6.07) is 15.4. The summed E-state index contributed by atoms with van der Waals surface area (Å²) in [5.74, 6) is -1.02. The predicted octanol–water partition coefficient (Wildman–Crippen LogP) is 9.18. The zero-order valence-corrected chi connectivity index (χ0v) is 47.2. The highest BCUT2D eigenvalue weighted by Crippen LogP contribution is 2.71. The quantitative estimate of drug-likeness (QED) is 0.0304. The number of ether oxygens (including phenoxy) is 2. The third-order valence-corrected chi connectivity index (χ3v) is 18.4. The van der Waals surface area contributed by atoms with Crippen LogP contribution in [0.1, 0.15) is 152 Å². The number of imide groups is 2. The average molecular weight is 1110 g/mol. The van der Waals surface area contributed by atoms with E-state index in [9.17, 15) is 29.1 Å². The molecule has 80 heavy (non-hydrogen) atoms. The van der Waals surface area contributed by atoms with Gasteiger partial charge in [0.25, 0.3) is 11.8 Å². The summed E-state index contributed by atoms with van der Waals surface area (Å²) in [6.45, 7) is 12.9. The molecule has 4 aliphatic carbocycles. The van der Waals surface area contributed by atoms with Crippen molar-refractivity contribution in [1.29, 1.82) is 0 Å². The monoisotopic (exact) mass is 1110 g/mol. The van der Waals surface area contributed by atoms with E-state index < -0.39 is 35.6 Å². The van der Waals surface area contributed by atoms with Crippen LogP contribution in [-0.4, -0.2) is 128 Å². The lowest BCUT2D eigenvalue weighted by Crippen LogP contribution is -2.64. The molecule has 4 bridgehead atoms. The van der Waals surface area contributed by atoms with Gasteiger partial charge in [-0.25, -0.2) is 14.8 Å². The molecule has 3 unspecified atom stereocenters. The number of fused-ring (bicyclic) bond motifs is 3. The van der Waals surface area contributed by atoms with Gasteiger partial charge in [0, 0.05) is 60.2 Å². The van der Waals surface area contributed by atoms with Crippen molar-refractivity contribution in [3.8, 4) is 5.75 Å². The maximum Gasteiger partial charge on any atom is 0.355 e. The number of rotatable bonds is 21. The van der Waals surface area contributed by atoms with Crippen LogP contribution in [0.4, 0.5) is 22.6 Å². The largest absolute Gasteiger partial charge is 0.494 e. The van der Waals surface area contributed by atoms with E-state index in [0.29, 0.717) is 66.4 Å². The molecule has 12 rings (SSSR count). The van der Waals surface area contributed by atoms with E-state index in [1.54, 1.807) is 35.6 Å². The minimum Gasteiger partial charge on any atom is -0.494 e. The second-order valence-corrected chi connectivity index (χ2v) is 25.2. The van der Waals surface area contributed by atoms with Crippen molar-refractivity contribution in [3.63, 3.8) is 0 Å². The number of nitrogens with one attached hydrogen (secondary N) is 2. The molecule has 0 radical (unpaired) electrons. The van der Waals surface area contributed by atoms with Crippen LogP contribution >= 0.6 is 11.3 Å². The van der Waals surface area contributed by atoms with Gasteiger partial charge in [0.15, 0.2) is 22.5 Å². The summed E-state index contributed by atoms with van der Waals surface area (Å²) >= 11 is 1.56. The van der Waals surface area contributed by atoms with Crippen LogP contribution in [0.3, 0.4) is 0 Å². The number of pyridine rings is 1. The maximum absolute atomic E-state index is 13.2. The minimum absolute atomic E-state index is 0.0624. The number of allylic oxidation sites excluding steroid dienone is 1. The molecule has 4 amide bonds. The summed E-state index contributed by atoms with van der Waals surface area (Å²) in [6.07, 6.45) is 13.5. The van der Waals surface area contributed by atoms with E-state index in [1.165, 1.54) is 12.6 Å². The highest BCUT2D eigenvalue weighted by atomic mass is 32.1. The fraction of sp³-hybridized carbons (Fsp3) is 0.500. The van der Waals surface area contributed by atoms with Gasteiger partial charge in [0.05, 0.1) is 40.2 Å². The third-order valence-electron chi connectivity index (χ3n) is 17.4. The van der Waals surface area contributed by atoms with Crippen LogP contribution in [-0.2, 0) is 20.7 Å². The SMILES string of the molecule is CC(=NCC12CC3(C)CC(C)(C1)CC(OCCN(C)CCCCCCOc1ccc4c(c1)C(=O)N(C1CCC(=O)NC1=O)C4=O)(C3)C2)/C(=C\N)c1ccc(N2CCCc3c2nnc(Nc2nc4ccccc4s2)c3C)nc1C(=O)O. The van der Waals surface area contributed by atoms with Gasteiger partial charge < -0.3 is 35.4 Å². The molecule has 5 aromatic rings. The van der Waals surface area contributed by atoms with Crippen LogP contribution in [0, 0.1) is 23.2 Å². The van der Waals surface area contributed by atoms with E-state index in [1.807, 2.05) is 49.1 Å². The number of unbranched alkanes of at least 4 members (excludes halogenated alkanes) is 3. The van der Waals surface area contributed by atoms with Crippen molar-refractivity contribution in [2.45, 2.75) is 129 Å². The topological polar surface area (TPSA) is 248 Å². The number of nitrogens with two attached hydrogens (primary N) is 1. The van der Waals surface area contributed by atoms with Crippen molar-refractivity contribution in [2.75, 3.05) is 56.7 Å². The maximum atomic E-state index is 13.2. The number of hydrogen-bond acceptors (Lipinski definition) is 17. The molecule has 6 heterocycles. The van der Waals surface area contributed by atoms with Crippen molar-refractivity contribution < 1.29 is 38.6 Å². The molecule has 0 spiro atoms. The van der Waals surface area contributed by atoms with Crippen molar-refractivity contribution >= 4 is 85.0 Å². The summed E-state index contributed by atoms with van der Waals surface area (Å²) in [5, 5.41) is 26.3. The fourth-order valence-electron chi connectivity index (χ4n) is 15.0. The first-order valence-corrected chi connectivity index (χ1v) is 28.9. The number of nitrogens with zero attached hydrogens (tertiary/aromatic N) is 8. The molecular weight excluding hydrogens is 1030 g/mol. The fourth-order valence-corrected chi connectivity index (χ4v) is 15.8. The minimum atomic E-state index is -1.16. The normalized spacial score (nSPS) is 25.4. The van der Waals surface area contributed by atoms with Gasteiger partial charge in [0.1, 0.15) is 17.6 Å². The number of amides is 4. The number of anilines is 4. The molecule has 3 atom stereocenters. The van der Waals surface area contributed by atoms with E-state index in [0.717, 1.165) is 115 Å². The highest BCUT2D eigenvalue weighted by Gasteiger charge is 2.66. The Hall–Kier alpha value is -7.16. The van der Waals surface area contributed by atoms with E-state index in [2.05, 4.69) is 46.6 Å². The number of thiazole rings is 1. The number of carbonyl (C=O) groups excluding carboxylic acids is 4. The molecule has 3 aliphatic heterocycles. The Morgan fingerprint density at radius 2 is 1.70 bits per heavy atom. The molecule has 5 fully saturated rings. The second kappa shape index (κ2) is 21.7. The molecular formula is C60H71N11O8S. The van der Waals surface area contributed by atoms with Crippen molar-refractivity contribution in [1.82, 2.24) is 35.3 Å². The van der Waals surface area contributed by atoms with Gasteiger partial charge >= 0.3 is 5.97 Å². The van der Waals surface area contributed by atoms with Gasteiger partial charge in [-0.15, -0.1) is 10.2 Å². The molecule has 2 aromatic carbocycles. The summed E-state index contributed by atoms with van der Waals surface area (Å²) in [7, 11) is 2.15. The standard InChI is InChI=1S/C60H71N11O8S/c1-36-39-13-12-23-70(51(39)68-67-50(36)66-56-63-44-14-8-9-15-46(44)80-56)47-20-18-40(49(64-47)55(76)77)43(28-61)37(2)62-35-59-30-57(3)29-58(4,31-59)33-60(32-57,34-59)79-26-24-69(5)22-10-6-7-11-25-78-38-16-17-41-42(27-38)54(75)71(53(41)74)45-19-21-48(72)65-52(45)73/h8-9,14-18,20,27-28,45H,6-7,10-13,19,21-26,29-35,61H2,1-5H3,(H,76,77)(H,63,66,67)(H,65,72,73)/b43-28+,62-37?. The van der Waals surface area contributed by atoms with Gasteiger partial charge in [-0.05, 0) is 157 Å². The Bertz CT molecular complexity index is 3320. The van der Waals surface area contributed by atoms with Crippen LogP contribution in [0.5, 0.6) is 5.75 Å². The zero-order valence-electron chi connectivity index (χ0n) is 46.4. The third kappa shape index (κ3) is 10.8. The number of likely N-dealkylation sites (N-methyl/N-ethyl adjacent to an activating group) is 1. The molecule has 4 saturated carbocycles. The Kier molecular flexibility index (Phi) is 14.9. The van der Waals surface area contributed by atoms with Crippen LogP contribution in [0.2, 0.25) is 0 Å². The van der Waals surface area contributed by atoms with E-state index in [-0.39, 0.29) is 51.5 Å². The number of aliphatic imine (C=N–C) groups is 1. The predicted molar refractivity (Wildman–Crippen MR) is 306 cm³/mol. The molecule has 5 N–H and O–H groups in total. The van der Waals surface area contributed by atoms with Crippen LogP contribution in [0.25, 0.3) is 15.8 Å². The van der Waals surface area contributed by atoms with Crippen LogP contribution in [0.15, 0.2) is 65.8 Å². The molecule has 3 aromatic heterocycles.